The smallest absolute Gasteiger partial charge is 0.0882 e. The van der Waals surface area contributed by atoms with E-state index in [1.807, 2.05) is 49.6 Å². The number of hydrogen-bond acceptors (Lipinski definition) is 3. The molecule has 0 radical (unpaired) electrons. The van der Waals surface area contributed by atoms with Gasteiger partial charge in [0.05, 0.1) is 23.7 Å². The Balaban J connectivity index is 1.86. The second-order valence-corrected chi connectivity index (χ2v) is 4.77. The summed E-state index contributed by atoms with van der Waals surface area (Å²) in [6, 6.07) is 11.8. The Morgan fingerprint density at radius 1 is 1.25 bits per heavy atom. The molecule has 0 saturated heterocycles. The van der Waals surface area contributed by atoms with Crippen molar-refractivity contribution < 1.29 is 5.11 Å². The van der Waals surface area contributed by atoms with E-state index in [2.05, 4.69) is 15.3 Å². The van der Waals surface area contributed by atoms with Crippen molar-refractivity contribution in [1.82, 2.24) is 20.0 Å². The molecular weight excluding hydrogens is 252 g/mol. The van der Waals surface area contributed by atoms with Gasteiger partial charge in [-0.3, -0.25) is 9.78 Å². The molecule has 102 valence electrons. The van der Waals surface area contributed by atoms with E-state index in [0.29, 0.717) is 6.42 Å². The third-order valence-corrected chi connectivity index (χ3v) is 3.26. The number of nitrogens with zero attached hydrogens (tertiary/aromatic N) is 3. The number of nitrogens with one attached hydrogen (secondary N) is 1. The Morgan fingerprint density at radius 3 is 2.75 bits per heavy atom. The molecule has 5 nitrogen and oxygen atoms in total. The van der Waals surface area contributed by atoms with Crippen LogP contribution >= 0.6 is 0 Å². The lowest BCUT2D eigenvalue weighted by molar-refractivity contribution is 0.177. The molecule has 0 saturated carbocycles. The molecule has 5 heteroatoms. The van der Waals surface area contributed by atoms with Crippen molar-refractivity contribution >= 4 is 0 Å². The molecule has 3 aromatic rings. The molecule has 3 rings (SSSR count). The van der Waals surface area contributed by atoms with E-state index in [1.165, 1.54) is 0 Å². The van der Waals surface area contributed by atoms with E-state index in [1.54, 1.807) is 10.9 Å². The van der Waals surface area contributed by atoms with Crippen LogP contribution in [0.25, 0.3) is 11.3 Å². The van der Waals surface area contributed by atoms with E-state index >= 15 is 0 Å². The van der Waals surface area contributed by atoms with Crippen LogP contribution in [0.4, 0.5) is 0 Å². The summed E-state index contributed by atoms with van der Waals surface area (Å²) in [6.45, 7) is 0. The van der Waals surface area contributed by atoms with Gasteiger partial charge in [0.25, 0.3) is 0 Å². The molecule has 0 amide bonds. The van der Waals surface area contributed by atoms with Crippen molar-refractivity contribution in [2.24, 2.45) is 7.05 Å². The fourth-order valence-corrected chi connectivity index (χ4v) is 2.26. The van der Waals surface area contributed by atoms with Gasteiger partial charge in [-0.25, -0.2) is 0 Å². The van der Waals surface area contributed by atoms with Crippen LogP contribution in [0, 0.1) is 0 Å². The van der Waals surface area contributed by atoms with Crippen molar-refractivity contribution in [3.63, 3.8) is 0 Å². The maximum atomic E-state index is 10.4. The van der Waals surface area contributed by atoms with E-state index in [0.717, 1.165) is 22.5 Å². The first-order valence-electron chi connectivity index (χ1n) is 6.49. The van der Waals surface area contributed by atoms with Crippen LogP contribution in [0.15, 0.2) is 48.8 Å². The minimum atomic E-state index is -0.626. The van der Waals surface area contributed by atoms with Gasteiger partial charge >= 0.3 is 0 Å². The second-order valence-electron chi connectivity index (χ2n) is 4.77. The topological polar surface area (TPSA) is 66.7 Å². The fourth-order valence-electron chi connectivity index (χ4n) is 2.26. The van der Waals surface area contributed by atoms with Crippen LogP contribution in [-0.2, 0) is 13.5 Å². The first-order chi connectivity index (χ1) is 9.74. The predicted octanol–water partition coefficient (Wildman–Crippen LogP) is 2.09. The average molecular weight is 268 g/mol. The fraction of sp³-hybridized carbons (Fsp3) is 0.200. The van der Waals surface area contributed by atoms with Gasteiger partial charge in [-0.15, -0.1) is 0 Å². The van der Waals surface area contributed by atoms with Crippen LogP contribution in [0.1, 0.15) is 17.4 Å². The van der Waals surface area contributed by atoms with Crippen molar-refractivity contribution in [3.8, 4) is 11.3 Å². The minimum absolute atomic E-state index is 0.472. The predicted molar refractivity (Wildman–Crippen MR) is 75.9 cm³/mol. The van der Waals surface area contributed by atoms with E-state index in [4.69, 9.17) is 0 Å². The molecule has 2 aromatic heterocycles. The number of benzene rings is 1. The Hall–Kier alpha value is -2.40. The molecule has 0 spiro atoms. The van der Waals surface area contributed by atoms with E-state index < -0.39 is 6.10 Å². The Bertz CT molecular complexity index is 687. The zero-order valence-corrected chi connectivity index (χ0v) is 11.2. The first kappa shape index (κ1) is 12.6. The van der Waals surface area contributed by atoms with Crippen LogP contribution in [0.5, 0.6) is 0 Å². The number of aromatic nitrogens is 4. The van der Waals surface area contributed by atoms with Gasteiger partial charge in [-0.1, -0.05) is 30.3 Å². The SMILES string of the molecule is Cn1ccc(CC(O)c2cn[nH]c2-c2ccccc2)n1. The summed E-state index contributed by atoms with van der Waals surface area (Å²) in [4.78, 5) is 0. The Labute approximate surface area is 116 Å². The lowest BCUT2D eigenvalue weighted by Gasteiger charge is -2.09. The lowest BCUT2D eigenvalue weighted by atomic mass is 10.0. The molecule has 2 heterocycles. The molecule has 0 bridgehead atoms. The number of aromatic amines is 1. The first-order valence-corrected chi connectivity index (χ1v) is 6.49. The van der Waals surface area contributed by atoms with Crippen molar-refractivity contribution in [2.75, 3.05) is 0 Å². The lowest BCUT2D eigenvalue weighted by Crippen LogP contribution is -2.03. The van der Waals surface area contributed by atoms with Crippen molar-refractivity contribution in [3.05, 3.63) is 60.0 Å². The van der Waals surface area contributed by atoms with Crippen molar-refractivity contribution in [2.45, 2.75) is 12.5 Å². The number of H-pyrrole nitrogens is 1. The van der Waals surface area contributed by atoms with Gasteiger partial charge in [-0.2, -0.15) is 10.2 Å². The maximum absolute atomic E-state index is 10.4. The summed E-state index contributed by atoms with van der Waals surface area (Å²) in [7, 11) is 1.86. The molecule has 0 fully saturated rings. The normalized spacial score (nSPS) is 12.5. The number of rotatable bonds is 4. The van der Waals surface area contributed by atoms with Crippen LogP contribution < -0.4 is 0 Å². The molecule has 0 aliphatic carbocycles. The molecule has 1 unspecified atom stereocenters. The third-order valence-electron chi connectivity index (χ3n) is 3.26. The molecule has 2 N–H and O–H groups in total. The molecule has 0 aliphatic heterocycles. The van der Waals surface area contributed by atoms with Crippen LogP contribution in [-0.4, -0.2) is 25.1 Å². The largest absolute Gasteiger partial charge is 0.388 e. The molecule has 0 aliphatic rings. The summed E-state index contributed by atoms with van der Waals surface area (Å²) < 4.78 is 1.73. The van der Waals surface area contributed by atoms with E-state index in [9.17, 15) is 5.11 Å². The van der Waals surface area contributed by atoms with Gasteiger partial charge in [0, 0.05) is 25.2 Å². The highest BCUT2D eigenvalue weighted by atomic mass is 16.3. The van der Waals surface area contributed by atoms with Gasteiger partial charge in [-0.05, 0) is 11.6 Å². The highest BCUT2D eigenvalue weighted by molar-refractivity contribution is 5.62. The maximum Gasteiger partial charge on any atom is 0.0882 e. The van der Waals surface area contributed by atoms with Gasteiger partial charge < -0.3 is 5.11 Å². The van der Waals surface area contributed by atoms with Crippen LogP contribution in [0.3, 0.4) is 0 Å². The van der Waals surface area contributed by atoms with Gasteiger partial charge in [0.1, 0.15) is 0 Å². The third kappa shape index (κ3) is 2.48. The van der Waals surface area contributed by atoms with Crippen LogP contribution in [0.2, 0.25) is 0 Å². The minimum Gasteiger partial charge on any atom is -0.388 e. The zero-order valence-electron chi connectivity index (χ0n) is 11.2. The summed E-state index contributed by atoms with van der Waals surface area (Å²) in [5.41, 5.74) is 3.52. The summed E-state index contributed by atoms with van der Waals surface area (Å²) >= 11 is 0. The zero-order chi connectivity index (χ0) is 13.9. The number of aliphatic hydroxyl groups excluding tert-OH is 1. The second kappa shape index (κ2) is 5.30. The Morgan fingerprint density at radius 2 is 2.05 bits per heavy atom. The summed E-state index contributed by atoms with van der Waals surface area (Å²) in [5.74, 6) is 0. The van der Waals surface area contributed by atoms with Crippen molar-refractivity contribution in [1.29, 1.82) is 0 Å². The molecule has 1 atom stereocenters. The molecule has 1 aromatic carbocycles. The highest BCUT2D eigenvalue weighted by Gasteiger charge is 2.17. The molecular formula is C15H16N4O. The summed E-state index contributed by atoms with van der Waals surface area (Å²) in [5, 5.41) is 21.7. The average Bonchev–Trinajstić information content (AvgIpc) is 3.09. The highest BCUT2D eigenvalue weighted by Crippen LogP contribution is 2.27. The Kier molecular flexibility index (Phi) is 3.35. The molecule has 20 heavy (non-hydrogen) atoms. The monoisotopic (exact) mass is 268 g/mol. The number of aliphatic hydroxyl groups is 1. The van der Waals surface area contributed by atoms with E-state index in [-0.39, 0.29) is 0 Å². The quantitative estimate of drug-likeness (QED) is 0.761. The standard InChI is InChI=1S/C15H16N4O/c1-19-8-7-12(18-19)9-14(20)13-10-16-17-15(13)11-5-3-2-4-6-11/h2-8,10,14,20H,9H2,1H3,(H,16,17). The number of aryl methyl sites for hydroxylation is 1. The van der Waals surface area contributed by atoms with Gasteiger partial charge in [0.2, 0.25) is 0 Å². The van der Waals surface area contributed by atoms with Gasteiger partial charge in [0.15, 0.2) is 0 Å². The summed E-state index contributed by atoms with van der Waals surface area (Å²) in [6.07, 6.45) is 3.39. The number of hydrogen-bond donors (Lipinski definition) is 2.